The van der Waals surface area contributed by atoms with Crippen molar-refractivity contribution < 1.29 is 8.42 Å². The van der Waals surface area contributed by atoms with Crippen LogP contribution in [0.15, 0.2) is 0 Å². The first-order chi connectivity index (χ1) is 9.44. The molecule has 1 aliphatic rings. The molecular weight excluding hydrogens is 276 g/mol. The molecule has 1 saturated heterocycles. The summed E-state index contributed by atoms with van der Waals surface area (Å²) in [5, 5.41) is 7.90. The molecule has 3 N–H and O–H groups in total. The summed E-state index contributed by atoms with van der Waals surface area (Å²) in [6, 6.07) is -0.00325. The Labute approximate surface area is 120 Å². The van der Waals surface area contributed by atoms with Gasteiger partial charge in [0, 0.05) is 17.8 Å². The van der Waals surface area contributed by atoms with E-state index in [1.807, 2.05) is 18.5 Å². The number of rotatable bonds is 6. The van der Waals surface area contributed by atoms with Crippen LogP contribution in [0.2, 0.25) is 0 Å². The van der Waals surface area contributed by atoms with Crippen molar-refractivity contribution in [2.45, 2.75) is 39.3 Å². The van der Waals surface area contributed by atoms with Crippen LogP contribution in [0, 0.1) is 13.8 Å². The lowest BCUT2D eigenvalue weighted by molar-refractivity contribution is 0.485. The molecule has 1 aliphatic heterocycles. The number of hydrogen-bond acceptors (Lipinski definition) is 5. The summed E-state index contributed by atoms with van der Waals surface area (Å²) in [5.74, 6) is 0.495. The molecule has 7 heteroatoms. The van der Waals surface area contributed by atoms with Gasteiger partial charge in [-0.15, -0.1) is 0 Å². The quantitative estimate of drug-likeness (QED) is 0.737. The first-order valence-electron chi connectivity index (χ1n) is 7.10. The van der Waals surface area contributed by atoms with Gasteiger partial charge in [-0.3, -0.25) is 4.68 Å². The first kappa shape index (κ1) is 15.5. The second kappa shape index (κ2) is 6.24. The molecule has 6 nitrogen and oxygen atoms in total. The van der Waals surface area contributed by atoms with Gasteiger partial charge in [-0.25, -0.2) is 8.42 Å². The minimum absolute atomic E-state index is 0.00325. The highest BCUT2D eigenvalue weighted by atomic mass is 32.2. The first-order valence-corrected chi connectivity index (χ1v) is 8.92. The molecule has 114 valence electrons. The molecule has 1 unspecified atom stereocenters. The van der Waals surface area contributed by atoms with Gasteiger partial charge in [0.1, 0.15) is 0 Å². The van der Waals surface area contributed by atoms with E-state index in [-0.39, 0.29) is 17.5 Å². The summed E-state index contributed by atoms with van der Waals surface area (Å²) in [5.41, 5.74) is 8.69. The van der Waals surface area contributed by atoms with Crippen LogP contribution < -0.4 is 11.1 Å². The third-order valence-electron chi connectivity index (χ3n) is 3.89. The molecule has 0 aliphatic carbocycles. The predicted octanol–water partition coefficient (Wildman–Crippen LogP) is 0.298. The molecule has 20 heavy (non-hydrogen) atoms. The monoisotopic (exact) mass is 300 g/mol. The van der Waals surface area contributed by atoms with E-state index in [9.17, 15) is 8.42 Å². The van der Waals surface area contributed by atoms with Crippen LogP contribution in [0.1, 0.15) is 35.8 Å². The molecular formula is C13H24N4O2S. The lowest BCUT2D eigenvalue weighted by atomic mass is 10.2. The van der Waals surface area contributed by atoms with E-state index in [2.05, 4.69) is 10.4 Å². The lowest BCUT2D eigenvalue weighted by Crippen LogP contribution is -2.19. The zero-order valence-electron chi connectivity index (χ0n) is 12.2. The van der Waals surface area contributed by atoms with Gasteiger partial charge in [-0.2, -0.15) is 5.10 Å². The fourth-order valence-electron chi connectivity index (χ4n) is 2.72. The van der Waals surface area contributed by atoms with Crippen molar-refractivity contribution in [3.05, 3.63) is 17.0 Å². The molecule has 0 bridgehead atoms. The number of nitrogens with zero attached hydrogens (tertiary/aromatic N) is 2. The van der Waals surface area contributed by atoms with Crippen LogP contribution >= 0.6 is 0 Å². The molecule has 0 radical (unpaired) electrons. The van der Waals surface area contributed by atoms with Crippen molar-refractivity contribution in [2.24, 2.45) is 5.73 Å². The fourth-order valence-corrected chi connectivity index (χ4v) is 4.41. The summed E-state index contributed by atoms with van der Waals surface area (Å²) in [7, 11) is -2.88. The maximum Gasteiger partial charge on any atom is 0.152 e. The normalized spacial score (nSPS) is 21.4. The average molecular weight is 300 g/mol. The topological polar surface area (TPSA) is 90.0 Å². The Morgan fingerprint density at radius 1 is 1.45 bits per heavy atom. The Morgan fingerprint density at radius 3 is 2.80 bits per heavy atom. The van der Waals surface area contributed by atoms with Gasteiger partial charge in [0.25, 0.3) is 0 Å². The molecule has 0 saturated carbocycles. The smallest absolute Gasteiger partial charge is 0.152 e. The lowest BCUT2D eigenvalue weighted by Gasteiger charge is -2.11. The zero-order valence-corrected chi connectivity index (χ0v) is 13.0. The van der Waals surface area contributed by atoms with Crippen LogP contribution in [-0.4, -0.2) is 42.8 Å². The second-order valence-corrected chi connectivity index (χ2v) is 7.70. The highest BCUT2D eigenvalue weighted by molar-refractivity contribution is 7.91. The van der Waals surface area contributed by atoms with Crippen LogP contribution in [0.5, 0.6) is 0 Å². The molecule has 1 aromatic heterocycles. The second-order valence-electron chi connectivity index (χ2n) is 5.47. The van der Waals surface area contributed by atoms with Crippen molar-refractivity contribution in [3.63, 3.8) is 0 Å². The van der Waals surface area contributed by atoms with Gasteiger partial charge in [-0.05, 0) is 39.8 Å². The number of sulfone groups is 1. The molecule has 1 aromatic rings. The maximum atomic E-state index is 11.6. The average Bonchev–Trinajstić information content (AvgIpc) is 2.87. The number of aryl methyl sites for hydroxylation is 1. The number of aromatic nitrogens is 2. The minimum atomic E-state index is -2.88. The van der Waals surface area contributed by atoms with E-state index in [4.69, 9.17) is 5.73 Å². The van der Waals surface area contributed by atoms with E-state index in [1.54, 1.807) is 0 Å². The molecule has 1 atom stereocenters. The minimum Gasteiger partial charge on any atom is -0.330 e. The van der Waals surface area contributed by atoms with Gasteiger partial charge in [0.05, 0.1) is 23.2 Å². The van der Waals surface area contributed by atoms with Crippen molar-refractivity contribution in [2.75, 3.05) is 24.6 Å². The van der Waals surface area contributed by atoms with Crippen molar-refractivity contribution in [1.29, 1.82) is 0 Å². The van der Waals surface area contributed by atoms with Gasteiger partial charge >= 0.3 is 0 Å². The Hall–Kier alpha value is -0.920. The molecule has 2 heterocycles. The van der Waals surface area contributed by atoms with Gasteiger partial charge in [0.15, 0.2) is 9.84 Å². The Bertz CT molecular complexity index is 565. The van der Waals surface area contributed by atoms with E-state index in [0.717, 1.165) is 30.9 Å². The largest absolute Gasteiger partial charge is 0.330 e. The van der Waals surface area contributed by atoms with E-state index < -0.39 is 9.84 Å². The van der Waals surface area contributed by atoms with Crippen LogP contribution in [-0.2, 0) is 16.4 Å². The van der Waals surface area contributed by atoms with E-state index >= 15 is 0 Å². The zero-order chi connectivity index (χ0) is 14.8. The standard InChI is InChI=1S/C13H24N4O2S/c1-10-13(8-15-6-3-5-14)11(2)17(16-10)12-4-7-20(18,19)9-12/h12,15H,3-9,14H2,1-2H3. The van der Waals surface area contributed by atoms with Crippen LogP contribution in [0.25, 0.3) is 0 Å². The third-order valence-corrected chi connectivity index (χ3v) is 5.64. The summed E-state index contributed by atoms with van der Waals surface area (Å²) in [6.07, 6.45) is 1.62. The predicted molar refractivity (Wildman–Crippen MR) is 79.4 cm³/mol. The highest BCUT2D eigenvalue weighted by Gasteiger charge is 2.31. The van der Waals surface area contributed by atoms with E-state index in [0.29, 0.717) is 13.0 Å². The van der Waals surface area contributed by atoms with Gasteiger partial charge < -0.3 is 11.1 Å². The summed E-state index contributed by atoms with van der Waals surface area (Å²) in [6.45, 7) is 6.33. The fraction of sp³-hybridized carbons (Fsp3) is 0.769. The van der Waals surface area contributed by atoms with Crippen LogP contribution in [0.3, 0.4) is 0 Å². The Kier molecular flexibility index (Phi) is 4.82. The highest BCUT2D eigenvalue weighted by Crippen LogP contribution is 2.26. The number of nitrogens with two attached hydrogens (primary N) is 1. The van der Waals surface area contributed by atoms with Gasteiger partial charge in [-0.1, -0.05) is 0 Å². The van der Waals surface area contributed by atoms with Crippen molar-refractivity contribution in [3.8, 4) is 0 Å². The summed E-state index contributed by atoms with van der Waals surface area (Å²) < 4.78 is 25.1. The molecule has 1 fully saturated rings. The Balaban J connectivity index is 2.09. The maximum absolute atomic E-state index is 11.6. The molecule has 0 spiro atoms. The van der Waals surface area contributed by atoms with Crippen molar-refractivity contribution >= 4 is 9.84 Å². The van der Waals surface area contributed by atoms with Crippen LogP contribution in [0.4, 0.5) is 0 Å². The number of nitrogens with one attached hydrogen (secondary N) is 1. The molecule has 0 aromatic carbocycles. The molecule has 0 amide bonds. The van der Waals surface area contributed by atoms with Gasteiger partial charge in [0.2, 0.25) is 0 Å². The van der Waals surface area contributed by atoms with Crippen molar-refractivity contribution in [1.82, 2.24) is 15.1 Å². The molecule has 2 rings (SSSR count). The Morgan fingerprint density at radius 2 is 2.20 bits per heavy atom. The SMILES string of the molecule is Cc1nn(C2CCS(=O)(=O)C2)c(C)c1CNCCCN. The number of hydrogen-bond donors (Lipinski definition) is 2. The summed E-state index contributed by atoms with van der Waals surface area (Å²) in [4.78, 5) is 0. The third kappa shape index (κ3) is 3.39. The van der Waals surface area contributed by atoms with E-state index in [1.165, 1.54) is 5.56 Å². The summed E-state index contributed by atoms with van der Waals surface area (Å²) >= 11 is 0.